The van der Waals surface area contributed by atoms with Crippen LogP contribution in [-0.4, -0.2) is 36.9 Å². The van der Waals surface area contributed by atoms with Crippen LogP contribution >= 0.6 is 0 Å². The minimum atomic E-state index is -0.438. The third-order valence-electron chi connectivity index (χ3n) is 2.25. The molecule has 1 saturated carbocycles. The summed E-state index contributed by atoms with van der Waals surface area (Å²) in [4.78, 5) is 10.8. The molecule has 1 aliphatic rings. The standard InChI is InChI=1S/C8H15NO3/c1-12-7-4-2-3-6(7)9-8(11)5-10/h6-7,10H,2-5H2,1H3,(H,9,11). The predicted molar refractivity (Wildman–Crippen MR) is 43.7 cm³/mol. The van der Waals surface area contributed by atoms with Crippen LogP contribution in [0.5, 0.6) is 0 Å². The number of ether oxygens (including phenoxy) is 1. The van der Waals surface area contributed by atoms with E-state index in [-0.39, 0.29) is 18.1 Å². The van der Waals surface area contributed by atoms with Gasteiger partial charge >= 0.3 is 0 Å². The molecule has 0 aromatic heterocycles. The van der Waals surface area contributed by atoms with Gasteiger partial charge in [-0.25, -0.2) is 0 Å². The molecular formula is C8H15NO3. The number of carbonyl (C=O) groups is 1. The van der Waals surface area contributed by atoms with Crippen LogP contribution in [-0.2, 0) is 9.53 Å². The first-order chi connectivity index (χ1) is 5.77. The normalized spacial score (nSPS) is 28.8. The highest BCUT2D eigenvalue weighted by molar-refractivity contribution is 5.77. The highest BCUT2D eigenvalue weighted by Gasteiger charge is 2.27. The first-order valence-corrected chi connectivity index (χ1v) is 4.21. The highest BCUT2D eigenvalue weighted by Crippen LogP contribution is 2.21. The maximum Gasteiger partial charge on any atom is 0.246 e. The number of methoxy groups -OCH3 is 1. The van der Waals surface area contributed by atoms with Crippen molar-refractivity contribution in [2.75, 3.05) is 13.7 Å². The van der Waals surface area contributed by atoms with Crippen LogP contribution in [0.1, 0.15) is 19.3 Å². The molecule has 4 nitrogen and oxygen atoms in total. The van der Waals surface area contributed by atoms with Crippen molar-refractivity contribution in [1.29, 1.82) is 0 Å². The molecule has 1 fully saturated rings. The number of rotatable bonds is 3. The summed E-state index contributed by atoms with van der Waals surface area (Å²) >= 11 is 0. The number of hydrogen-bond donors (Lipinski definition) is 2. The minimum Gasteiger partial charge on any atom is -0.387 e. The average molecular weight is 173 g/mol. The van der Waals surface area contributed by atoms with Gasteiger partial charge in [-0.15, -0.1) is 0 Å². The van der Waals surface area contributed by atoms with Crippen molar-refractivity contribution < 1.29 is 14.6 Å². The molecule has 1 rings (SSSR count). The van der Waals surface area contributed by atoms with Crippen molar-refractivity contribution in [1.82, 2.24) is 5.32 Å². The molecule has 0 aromatic carbocycles. The molecule has 0 aromatic rings. The summed E-state index contributed by atoms with van der Waals surface area (Å²) in [6.45, 7) is -0.438. The lowest BCUT2D eigenvalue weighted by Crippen LogP contribution is -2.41. The van der Waals surface area contributed by atoms with E-state index in [9.17, 15) is 4.79 Å². The summed E-state index contributed by atoms with van der Waals surface area (Å²) in [7, 11) is 1.65. The van der Waals surface area contributed by atoms with Crippen molar-refractivity contribution in [3.63, 3.8) is 0 Å². The molecule has 0 spiro atoms. The largest absolute Gasteiger partial charge is 0.387 e. The van der Waals surface area contributed by atoms with Gasteiger partial charge in [0.05, 0.1) is 12.1 Å². The van der Waals surface area contributed by atoms with E-state index in [0.29, 0.717) is 0 Å². The number of carbonyl (C=O) groups excluding carboxylic acids is 1. The van der Waals surface area contributed by atoms with Crippen LogP contribution in [0.25, 0.3) is 0 Å². The van der Waals surface area contributed by atoms with E-state index >= 15 is 0 Å². The molecule has 70 valence electrons. The van der Waals surface area contributed by atoms with Crippen molar-refractivity contribution in [2.45, 2.75) is 31.4 Å². The van der Waals surface area contributed by atoms with Crippen LogP contribution in [0.4, 0.5) is 0 Å². The van der Waals surface area contributed by atoms with Gasteiger partial charge in [-0.2, -0.15) is 0 Å². The zero-order valence-corrected chi connectivity index (χ0v) is 7.25. The van der Waals surface area contributed by atoms with Gasteiger partial charge in [-0.3, -0.25) is 4.79 Å². The summed E-state index contributed by atoms with van der Waals surface area (Å²) in [6, 6.07) is 0.0923. The van der Waals surface area contributed by atoms with Gasteiger partial charge < -0.3 is 15.2 Å². The lowest BCUT2D eigenvalue weighted by molar-refractivity contribution is -0.125. The lowest BCUT2D eigenvalue weighted by Gasteiger charge is -2.18. The number of amides is 1. The van der Waals surface area contributed by atoms with Gasteiger partial charge in [0.2, 0.25) is 5.91 Å². The van der Waals surface area contributed by atoms with Crippen LogP contribution in [0.2, 0.25) is 0 Å². The molecule has 0 radical (unpaired) electrons. The maximum atomic E-state index is 10.8. The summed E-state index contributed by atoms with van der Waals surface area (Å²) in [5.41, 5.74) is 0. The molecule has 0 bridgehead atoms. The van der Waals surface area contributed by atoms with E-state index in [1.807, 2.05) is 0 Å². The molecule has 0 saturated heterocycles. The second-order valence-corrected chi connectivity index (χ2v) is 3.04. The van der Waals surface area contributed by atoms with Crippen LogP contribution in [0, 0.1) is 0 Å². The molecule has 2 N–H and O–H groups in total. The fraction of sp³-hybridized carbons (Fsp3) is 0.875. The van der Waals surface area contributed by atoms with Gasteiger partial charge in [0.15, 0.2) is 0 Å². The fourth-order valence-corrected chi connectivity index (χ4v) is 1.63. The van der Waals surface area contributed by atoms with Crippen LogP contribution in [0.3, 0.4) is 0 Å². The average Bonchev–Trinajstić information content (AvgIpc) is 2.51. The van der Waals surface area contributed by atoms with Crippen LogP contribution in [0.15, 0.2) is 0 Å². The topological polar surface area (TPSA) is 58.6 Å². The highest BCUT2D eigenvalue weighted by atomic mass is 16.5. The second-order valence-electron chi connectivity index (χ2n) is 3.04. The molecule has 2 atom stereocenters. The zero-order chi connectivity index (χ0) is 8.97. The molecule has 12 heavy (non-hydrogen) atoms. The van der Waals surface area contributed by atoms with Gasteiger partial charge in [0, 0.05) is 7.11 Å². The molecule has 1 amide bonds. The lowest BCUT2D eigenvalue weighted by atomic mass is 10.2. The molecule has 0 heterocycles. The van der Waals surface area contributed by atoms with E-state index in [4.69, 9.17) is 9.84 Å². The van der Waals surface area contributed by atoms with Crippen LogP contribution < -0.4 is 5.32 Å². The Balaban J connectivity index is 2.35. The monoisotopic (exact) mass is 173 g/mol. The molecule has 0 aliphatic heterocycles. The second kappa shape index (κ2) is 4.42. The third kappa shape index (κ3) is 2.19. The Kier molecular flexibility index (Phi) is 3.49. The van der Waals surface area contributed by atoms with Gasteiger partial charge in [0.1, 0.15) is 6.61 Å². The van der Waals surface area contributed by atoms with Crippen molar-refractivity contribution in [3.8, 4) is 0 Å². The Hall–Kier alpha value is -0.610. The molecule has 1 aliphatic carbocycles. The summed E-state index contributed by atoms with van der Waals surface area (Å²) in [6.07, 6.45) is 3.15. The first-order valence-electron chi connectivity index (χ1n) is 4.21. The SMILES string of the molecule is COC1CCCC1NC(=O)CO. The Morgan fingerprint density at radius 2 is 2.42 bits per heavy atom. The fourth-order valence-electron chi connectivity index (χ4n) is 1.63. The Morgan fingerprint density at radius 3 is 3.00 bits per heavy atom. The predicted octanol–water partition coefficient (Wildman–Crippen LogP) is -0.338. The zero-order valence-electron chi connectivity index (χ0n) is 7.25. The van der Waals surface area contributed by atoms with Gasteiger partial charge in [-0.1, -0.05) is 0 Å². The third-order valence-corrected chi connectivity index (χ3v) is 2.25. The van der Waals surface area contributed by atoms with Gasteiger partial charge in [-0.05, 0) is 19.3 Å². The summed E-state index contributed by atoms with van der Waals surface area (Å²) in [5.74, 6) is -0.316. The van der Waals surface area contributed by atoms with E-state index in [0.717, 1.165) is 19.3 Å². The van der Waals surface area contributed by atoms with Gasteiger partial charge in [0.25, 0.3) is 0 Å². The van der Waals surface area contributed by atoms with E-state index in [2.05, 4.69) is 5.32 Å². The number of hydrogen-bond acceptors (Lipinski definition) is 3. The maximum absolute atomic E-state index is 10.8. The van der Waals surface area contributed by atoms with Crippen molar-refractivity contribution in [2.24, 2.45) is 0 Å². The smallest absolute Gasteiger partial charge is 0.246 e. The van der Waals surface area contributed by atoms with Crippen molar-refractivity contribution in [3.05, 3.63) is 0 Å². The molecular weight excluding hydrogens is 158 g/mol. The minimum absolute atomic E-state index is 0.0923. The Bertz CT molecular complexity index is 160. The van der Waals surface area contributed by atoms with E-state index < -0.39 is 6.61 Å². The summed E-state index contributed by atoms with van der Waals surface area (Å²) < 4.78 is 5.17. The molecule has 2 unspecified atom stereocenters. The van der Waals surface area contributed by atoms with E-state index in [1.54, 1.807) is 7.11 Å². The Morgan fingerprint density at radius 1 is 1.67 bits per heavy atom. The first kappa shape index (κ1) is 9.48. The summed E-state index contributed by atoms with van der Waals surface area (Å²) in [5, 5.41) is 11.2. The van der Waals surface area contributed by atoms with Crippen molar-refractivity contribution >= 4 is 5.91 Å². The number of aliphatic hydroxyl groups is 1. The Labute approximate surface area is 71.9 Å². The number of aliphatic hydroxyl groups excluding tert-OH is 1. The molecule has 4 heteroatoms. The quantitative estimate of drug-likeness (QED) is 0.614. The van der Waals surface area contributed by atoms with E-state index in [1.165, 1.54) is 0 Å². The number of nitrogens with one attached hydrogen (secondary N) is 1.